The topological polar surface area (TPSA) is 61.4 Å². The van der Waals surface area contributed by atoms with E-state index in [1.165, 1.54) is 6.42 Å². The van der Waals surface area contributed by atoms with Gasteiger partial charge in [-0.2, -0.15) is 17.4 Å². The van der Waals surface area contributed by atoms with Gasteiger partial charge < -0.3 is 5.32 Å². The number of nitrogens with zero attached hydrogens (tertiary/aromatic N) is 1. The molecule has 1 saturated heterocycles. The first-order valence-electron chi connectivity index (χ1n) is 8.48. The van der Waals surface area contributed by atoms with Gasteiger partial charge in [-0.05, 0) is 51.1 Å². The molecule has 124 valence electrons. The maximum absolute atomic E-state index is 12.7. The number of piperidine rings is 1. The van der Waals surface area contributed by atoms with Gasteiger partial charge in [-0.1, -0.05) is 26.2 Å². The molecule has 3 atom stereocenters. The van der Waals surface area contributed by atoms with Crippen LogP contribution in [0.4, 0.5) is 0 Å². The summed E-state index contributed by atoms with van der Waals surface area (Å²) in [4.78, 5) is 0. The molecule has 0 spiro atoms. The van der Waals surface area contributed by atoms with Crippen LogP contribution in [0.1, 0.15) is 51.9 Å². The van der Waals surface area contributed by atoms with Crippen LogP contribution in [0.3, 0.4) is 0 Å². The molecule has 2 aliphatic rings. The molecule has 0 aromatic carbocycles. The molecule has 0 aromatic rings. The molecule has 0 aromatic heterocycles. The highest BCUT2D eigenvalue weighted by Crippen LogP contribution is 2.28. The molecule has 21 heavy (non-hydrogen) atoms. The van der Waals surface area contributed by atoms with Crippen molar-refractivity contribution in [3.8, 4) is 0 Å². The van der Waals surface area contributed by atoms with Crippen molar-refractivity contribution in [1.29, 1.82) is 0 Å². The van der Waals surface area contributed by atoms with E-state index in [9.17, 15) is 8.42 Å². The van der Waals surface area contributed by atoms with E-state index >= 15 is 0 Å². The summed E-state index contributed by atoms with van der Waals surface area (Å²) >= 11 is 0. The maximum atomic E-state index is 12.7. The number of nitrogens with one attached hydrogen (secondary N) is 2. The summed E-state index contributed by atoms with van der Waals surface area (Å²) in [6, 6.07) is 0.137. The largest absolute Gasteiger partial charge is 0.319 e. The Kier molecular flexibility index (Phi) is 6.47. The van der Waals surface area contributed by atoms with E-state index in [1.54, 1.807) is 4.31 Å². The highest BCUT2D eigenvalue weighted by Gasteiger charge is 2.33. The fraction of sp³-hybridized carbons (Fsp3) is 1.00. The van der Waals surface area contributed by atoms with Gasteiger partial charge >= 0.3 is 0 Å². The predicted molar refractivity (Wildman–Crippen MR) is 86.3 cm³/mol. The van der Waals surface area contributed by atoms with Crippen molar-refractivity contribution in [2.24, 2.45) is 11.8 Å². The van der Waals surface area contributed by atoms with Crippen LogP contribution in [0.15, 0.2) is 0 Å². The van der Waals surface area contributed by atoms with Crippen molar-refractivity contribution in [2.75, 3.05) is 26.7 Å². The zero-order valence-corrected chi connectivity index (χ0v) is 14.3. The summed E-state index contributed by atoms with van der Waals surface area (Å²) in [6.45, 7) is 4.38. The molecule has 1 aliphatic carbocycles. The fourth-order valence-electron chi connectivity index (χ4n) is 3.82. The average molecular weight is 317 g/mol. The van der Waals surface area contributed by atoms with Crippen molar-refractivity contribution in [3.63, 3.8) is 0 Å². The SMILES string of the molecule is CCC1CCCCC1NS(=O)(=O)N1CCCC(CNC)C1. The van der Waals surface area contributed by atoms with Gasteiger partial charge in [0.1, 0.15) is 0 Å². The lowest BCUT2D eigenvalue weighted by molar-refractivity contribution is 0.245. The Hall–Kier alpha value is -0.170. The summed E-state index contributed by atoms with van der Waals surface area (Å²) < 4.78 is 30.0. The van der Waals surface area contributed by atoms with Crippen molar-refractivity contribution in [2.45, 2.75) is 57.9 Å². The zero-order valence-electron chi connectivity index (χ0n) is 13.5. The highest BCUT2D eigenvalue weighted by molar-refractivity contribution is 7.87. The van der Waals surface area contributed by atoms with E-state index in [2.05, 4.69) is 17.0 Å². The molecule has 1 heterocycles. The van der Waals surface area contributed by atoms with E-state index in [4.69, 9.17) is 0 Å². The third-order valence-electron chi connectivity index (χ3n) is 5.05. The van der Waals surface area contributed by atoms with Gasteiger partial charge in [0.05, 0.1) is 0 Å². The van der Waals surface area contributed by atoms with E-state index in [0.29, 0.717) is 24.9 Å². The minimum absolute atomic E-state index is 0.137. The van der Waals surface area contributed by atoms with Gasteiger partial charge in [-0.3, -0.25) is 0 Å². The van der Waals surface area contributed by atoms with Crippen molar-refractivity contribution < 1.29 is 8.42 Å². The first kappa shape index (κ1) is 17.2. The van der Waals surface area contributed by atoms with Gasteiger partial charge in [-0.15, -0.1) is 0 Å². The second-order valence-electron chi connectivity index (χ2n) is 6.61. The zero-order chi connectivity index (χ0) is 15.3. The molecule has 1 saturated carbocycles. The maximum Gasteiger partial charge on any atom is 0.279 e. The Balaban J connectivity index is 1.96. The minimum Gasteiger partial charge on any atom is -0.319 e. The van der Waals surface area contributed by atoms with E-state index < -0.39 is 10.2 Å². The van der Waals surface area contributed by atoms with Gasteiger partial charge in [0.25, 0.3) is 10.2 Å². The van der Waals surface area contributed by atoms with Crippen LogP contribution in [-0.2, 0) is 10.2 Å². The Morgan fingerprint density at radius 1 is 1.14 bits per heavy atom. The van der Waals surface area contributed by atoms with Gasteiger partial charge in [0, 0.05) is 19.1 Å². The second kappa shape index (κ2) is 7.90. The summed E-state index contributed by atoms with van der Waals surface area (Å²) in [5.41, 5.74) is 0. The predicted octanol–water partition coefficient (Wildman–Crippen LogP) is 1.72. The monoisotopic (exact) mass is 317 g/mol. The molecule has 1 aliphatic heterocycles. The first-order valence-corrected chi connectivity index (χ1v) is 9.92. The van der Waals surface area contributed by atoms with Gasteiger partial charge in [0.2, 0.25) is 0 Å². The van der Waals surface area contributed by atoms with Crippen LogP contribution < -0.4 is 10.0 Å². The molecule has 2 rings (SSSR count). The van der Waals surface area contributed by atoms with Gasteiger partial charge in [-0.25, -0.2) is 0 Å². The average Bonchev–Trinajstić information content (AvgIpc) is 2.48. The van der Waals surface area contributed by atoms with Crippen LogP contribution in [0.25, 0.3) is 0 Å². The van der Waals surface area contributed by atoms with Crippen molar-refractivity contribution in [1.82, 2.24) is 14.3 Å². The Labute approximate surface area is 130 Å². The Morgan fingerprint density at radius 2 is 1.90 bits per heavy atom. The summed E-state index contributed by atoms with van der Waals surface area (Å²) in [7, 11) is -1.39. The minimum atomic E-state index is -3.32. The molecule has 0 amide bonds. The standard InChI is InChI=1S/C15H31N3O2S/c1-3-14-8-4-5-9-15(14)17-21(19,20)18-10-6-7-13(12-18)11-16-2/h13-17H,3-12H2,1-2H3. The lowest BCUT2D eigenvalue weighted by Crippen LogP contribution is -2.52. The Morgan fingerprint density at radius 3 is 2.62 bits per heavy atom. The van der Waals surface area contributed by atoms with Crippen LogP contribution in [-0.4, -0.2) is 45.4 Å². The van der Waals surface area contributed by atoms with Gasteiger partial charge in [0.15, 0.2) is 0 Å². The molecule has 6 heteroatoms. The van der Waals surface area contributed by atoms with Crippen LogP contribution in [0.2, 0.25) is 0 Å². The normalized spacial score (nSPS) is 32.2. The summed E-state index contributed by atoms with van der Waals surface area (Å²) in [5.74, 6) is 0.945. The third kappa shape index (κ3) is 4.65. The molecule has 0 bridgehead atoms. The first-order chi connectivity index (χ1) is 10.1. The molecule has 2 N–H and O–H groups in total. The second-order valence-corrected chi connectivity index (χ2v) is 8.31. The van der Waals surface area contributed by atoms with Crippen LogP contribution in [0.5, 0.6) is 0 Å². The van der Waals surface area contributed by atoms with Crippen molar-refractivity contribution in [3.05, 3.63) is 0 Å². The quantitative estimate of drug-likeness (QED) is 0.784. The molecular formula is C15H31N3O2S. The van der Waals surface area contributed by atoms with Crippen LogP contribution in [0, 0.1) is 11.8 Å². The molecule has 0 radical (unpaired) electrons. The Bertz CT molecular complexity index is 411. The highest BCUT2D eigenvalue weighted by atomic mass is 32.2. The number of hydrogen-bond donors (Lipinski definition) is 2. The summed E-state index contributed by atoms with van der Waals surface area (Å²) in [6.07, 6.45) is 7.69. The lowest BCUT2D eigenvalue weighted by atomic mass is 9.83. The molecule has 5 nitrogen and oxygen atoms in total. The van der Waals surface area contributed by atoms with E-state index in [-0.39, 0.29) is 6.04 Å². The van der Waals surface area contributed by atoms with Crippen LogP contribution >= 0.6 is 0 Å². The fourth-order valence-corrected chi connectivity index (χ4v) is 5.44. The molecule has 3 unspecified atom stereocenters. The van der Waals surface area contributed by atoms with E-state index in [1.807, 2.05) is 7.05 Å². The third-order valence-corrected chi connectivity index (χ3v) is 6.66. The molecular weight excluding hydrogens is 286 g/mol. The summed E-state index contributed by atoms with van der Waals surface area (Å²) in [5, 5.41) is 3.17. The van der Waals surface area contributed by atoms with Crippen molar-refractivity contribution >= 4 is 10.2 Å². The lowest BCUT2D eigenvalue weighted by Gasteiger charge is -2.36. The smallest absolute Gasteiger partial charge is 0.279 e. The van der Waals surface area contributed by atoms with E-state index in [0.717, 1.165) is 45.1 Å². The number of rotatable bonds is 6. The molecule has 2 fully saturated rings. The number of hydrogen-bond acceptors (Lipinski definition) is 3.